The van der Waals surface area contributed by atoms with Gasteiger partial charge in [0.2, 0.25) is 0 Å². The number of methoxy groups -OCH3 is 1. The summed E-state index contributed by atoms with van der Waals surface area (Å²) in [5, 5.41) is 6.49. The van der Waals surface area contributed by atoms with E-state index in [1.54, 1.807) is 30.6 Å². The highest BCUT2D eigenvalue weighted by Gasteiger charge is 2.36. The number of carbonyl (C=O) groups excluding carboxylic acids is 1. The molecule has 1 N–H and O–H groups in total. The van der Waals surface area contributed by atoms with Gasteiger partial charge in [0, 0.05) is 26.0 Å². The number of nitrogens with zero attached hydrogens (tertiary/aromatic N) is 3. The topological polar surface area (TPSA) is 80.3 Å². The molecular weight excluding hydrogens is 284 g/mol. The van der Waals surface area contributed by atoms with Gasteiger partial charge in [-0.05, 0) is 18.6 Å². The van der Waals surface area contributed by atoms with Crippen LogP contribution >= 0.6 is 0 Å². The molecule has 116 valence electrons. The van der Waals surface area contributed by atoms with E-state index in [9.17, 15) is 4.79 Å². The van der Waals surface area contributed by atoms with Crippen molar-refractivity contribution in [3.05, 3.63) is 42.5 Å². The molecule has 2 aromatic heterocycles. The molecule has 2 atom stereocenters. The van der Waals surface area contributed by atoms with Crippen molar-refractivity contribution < 1.29 is 14.3 Å². The van der Waals surface area contributed by atoms with Gasteiger partial charge in [-0.15, -0.1) is 0 Å². The van der Waals surface area contributed by atoms with Crippen LogP contribution in [0.3, 0.4) is 0 Å². The Kier molecular flexibility index (Phi) is 4.34. The Labute approximate surface area is 128 Å². The second-order valence-electron chi connectivity index (χ2n) is 5.19. The van der Waals surface area contributed by atoms with Crippen molar-refractivity contribution in [2.24, 2.45) is 0 Å². The van der Waals surface area contributed by atoms with E-state index in [0.29, 0.717) is 24.5 Å². The van der Waals surface area contributed by atoms with Gasteiger partial charge in [0.05, 0.1) is 30.1 Å². The van der Waals surface area contributed by atoms with Crippen molar-refractivity contribution in [2.45, 2.75) is 18.6 Å². The molecule has 1 saturated heterocycles. The standard InChI is InChI=1S/C15H18N4O3/c1-21-14-5-12(10-22-13-3-2-4-16-8-13)19(9-14)15(20)11-6-17-18-7-11/h2-4,6-8,12,14H,5,9-10H2,1H3,(H,17,18)/t12-,14+/m0/s1. The largest absolute Gasteiger partial charge is 0.490 e. The quantitative estimate of drug-likeness (QED) is 0.895. The number of ether oxygens (including phenoxy) is 2. The maximum Gasteiger partial charge on any atom is 0.257 e. The highest BCUT2D eigenvalue weighted by Crippen LogP contribution is 2.23. The molecule has 22 heavy (non-hydrogen) atoms. The number of hydrogen-bond acceptors (Lipinski definition) is 5. The average molecular weight is 302 g/mol. The average Bonchev–Trinajstić information content (AvgIpc) is 3.23. The summed E-state index contributed by atoms with van der Waals surface area (Å²) in [5.41, 5.74) is 0.545. The van der Waals surface area contributed by atoms with Gasteiger partial charge in [-0.25, -0.2) is 0 Å². The predicted molar refractivity (Wildman–Crippen MR) is 78.6 cm³/mol. The fourth-order valence-corrected chi connectivity index (χ4v) is 2.61. The highest BCUT2D eigenvalue weighted by molar-refractivity contribution is 5.94. The Balaban J connectivity index is 1.68. The molecule has 7 nitrogen and oxygen atoms in total. The van der Waals surface area contributed by atoms with Crippen LogP contribution in [0.2, 0.25) is 0 Å². The van der Waals surface area contributed by atoms with Gasteiger partial charge in [-0.2, -0.15) is 5.10 Å². The third-order valence-corrected chi connectivity index (χ3v) is 3.79. The van der Waals surface area contributed by atoms with Crippen LogP contribution < -0.4 is 4.74 Å². The minimum absolute atomic E-state index is 0.0262. The zero-order valence-electron chi connectivity index (χ0n) is 12.3. The number of aromatic nitrogens is 3. The summed E-state index contributed by atoms with van der Waals surface area (Å²) in [6.07, 6.45) is 7.25. The van der Waals surface area contributed by atoms with Crippen LogP contribution in [0.4, 0.5) is 0 Å². The Bertz CT molecular complexity index is 603. The zero-order chi connectivity index (χ0) is 15.4. The van der Waals surface area contributed by atoms with Gasteiger partial charge >= 0.3 is 0 Å². The molecule has 0 saturated carbocycles. The number of carbonyl (C=O) groups is 1. The number of likely N-dealkylation sites (tertiary alicyclic amines) is 1. The van der Waals surface area contributed by atoms with Crippen LogP contribution in [-0.2, 0) is 4.74 Å². The van der Waals surface area contributed by atoms with Crippen LogP contribution in [0.1, 0.15) is 16.8 Å². The lowest BCUT2D eigenvalue weighted by molar-refractivity contribution is 0.0658. The molecule has 1 aliphatic rings. The molecule has 0 spiro atoms. The summed E-state index contributed by atoms with van der Waals surface area (Å²) >= 11 is 0. The molecule has 0 unspecified atom stereocenters. The maximum absolute atomic E-state index is 12.5. The van der Waals surface area contributed by atoms with E-state index in [2.05, 4.69) is 15.2 Å². The first-order valence-electron chi connectivity index (χ1n) is 7.13. The number of amides is 1. The number of pyridine rings is 1. The molecule has 1 amide bonds. The van der Waals surface area contributed by atoms with E-state index in [1.165, 1.54) is 6.20 Å². The van der Waals surface area contributed by atoms with Crippen molar-refractivity contribution in [1.29, 1.82) is 0 Å². The molecule has 0 aliphatic carbocycles. The van der Waals surface area contributed by atoms with Crippen molar-refractivity contribution in [3.8, 4) is 5.75 Å². The van der Waals surface area contributed by atoms with Crippen LogP contribution in [0.15, 0.2) is 36.9 Å². The molecule has 2 aromatic rings. The third kappa shape index (κ3) is 3.09. The summed E-state index contributed by atoms with van der Waals surface area (Å²) in [6.45, 7) is 0.969. The van der Waals surface area contributed by atoms with Crippen molar-refractivity contribution in [1.82, 2.24) is 20.1 Å². The summed E-state index contributed by atoms with van der Waals surface area (Å²) in [4.78, 5) is 18.3. The Morgan fingerprint density at radius 1 is 1.50 bits per heavy atom. The van der Waals surface area contributed by atoms with E-state index in [4.69, 9.17) is 9.47 Å². The molecule has 1 aliphatic heterocycles. The van der Waals surface area contributed by atoms with Crippen LogP contribution in [0, 0.1) is 0 Å². The summed E-state index contributed by atoms with van der Waals surface area (Å²) in [6, 6.07) is 3.63. The SMILES string of the molecule is CO[C@@H]1C[C@@H](COc2cccnc2)N(C(=O)c2cn[nH]c2)C1. The van der Waals surface area contributed by atoms with E-state index < -0.39 is 0 Å². The molecule has 0 radical (unpaired) electrons. The van der Waals surface area contributed by atoms with Gasteiger partial charge < -0.3 is 14.4 Å². The predicted octanol–water partition coefficient (Wildman–Crippen LogP) is 1.11. The van der Waals surface area contributed by atoms with Crippen molar-refractivity contribution in [3.63, 3.8) is 0 Å². The summed E-state index contributed by atoms with van der Waals surface area (Å²) in [7, 11) is 1.66. The normalized spacial score (nSPS) is 21.0. The summed E-state index contributed by atoms with van der Waals surface area (Å²) < 4.78 is 11.2. The Hall–Kier alpha value is -2.41. The van der Waals surface area contributed by atoms with E-state index in [0.717, 1.165) is 6.42 Å². The first-order chi connectivity index (χ1) is 10.8. The van der Waals surface area contributed by atoms with Crippen molar-refractivity contribution >= 4 is 5.91 Å². The smallest absolute Gasteiger partial charge is 0.257 e. The Morgan fingerprint density at radius 3 is 3.09 bits per heavy atom. The van der Waals surface area contributed by atoms with Crippen molar-refractivity contribution in [2.75, 3.05) is 20.3 Å². The molecule has 0 aromatic carbocycles. The van der Waals surface area contributed by atoms with E-state index in [1.807, 2.05) is 12.1 Å². The minimum Gasteiger partial charge on any atom is -0.490 e. The minimum atomic E-state index is -0.0620. The van der Waals surface area contributed by atoms with Crippen LogP contribution in [0.25, 0.3) is 0 Å². The van der Waals surface area contributed by atoms with Gasteiger partial charge in [-0.1, -0.05) is 0 Å². The number of aromatic amines is 1. The molecule has 7 heteroatoms. The lowest BCUT2D eigenvalue weighted by Crippen LogP contribution is -2.39. The number of hydrogen-bond donors (Lipinski definition) is 1. The van der Waals surface area contributed by atoms with Gasteiger partial charge in [0.1, 0.15) is 12.4 Å². The van der Waals surface area contributed by atoms with Crippen LogP contribution in [0.5, 0.6) is 5.75 Å². The Morgan fingerprint density at radius 2 is 2.41 bits per heavy atom. The number of H-pyrrole nitrogens is 1. The van der Waals surface area contributed by atoms with Gasteiger partial charge in [0.25, 0.3) is 5.91 Å². The first kappa shape index (κ1) is 14.5. The fourth-order valence-electron chi connectivity index (χ4n) is 2.61. The lowest BCUT2D eigenvalue weighted by atomic mass is 10.2. The second kappa shape index (κ2) is 6.57. The fraction of sp³-hybridized carbons (Fsp3) is 0.400. The third-order valence-electron chi connectivity index (χ3n) is 3.79. The molecule has 3 rings (SSSR count). The summed E-state index contributed by atoms with van der Waals surface area (Å²) in [5.74, 6) is 0.632. The van der Waals surface area contributed by atoms with E-state index >= 15 is 0 Å². The number of rotatable bonds is 5. The zero-order valence-corrected chi connectivity index (χ0v) is 12.3. The molecule has 1 fully saturated rings. The second-order valence-corrected chi connectivity index (χ2v) is 5.19. The molecule has 0 bridgehead atoms. The highest BCUT2D eigenvalue weighted by atomic mass is 16.5. The van der Waals surface area contributed by atoms with Gasteiger partial charge in [0.15, 0.2) is 0 Å². The van der Waals surface area contributed by atoms with Gasteiger partial charge in [-0.3, -0.25) is 14.9 Å². The molecule has 3 heterocycles. The number of nitrogens with one attached hydrogen (secondary N) is 1. The van der Waals surface area contributed by atoms with Crippen LogP contribution in [-0.4, -0.2) is 58.4 Å². The molecular formula is C15H18N4O3. The first-order valence-corrected chi connectivity index (χ1v) is 7.13. The monoisotopic (exact) mass is 302 g/mol. The maximum atomic E-state index is 12.5. The lowest BCUT2D eigenvalue weighted by Gasteiger charge is -2.23. The van der Waals surface area contributed by atoms with E-state index in [-0.39, 0.29) is 18.1 Å².